The molecule has 1 atom stereocenters. The van der Waals surface area contributed by atoms with Crippen LogP contribution < -0.4 is 15.6 Å². The van der Waals surface area contributed by atoms with Crippen molar-refractivity contribution in [1.82, 2.24) is 25.3 Å². The lowest BCUT2D eigenvalue weighted by Gasteiger charge is -2.18. The lowest BCUT2D eigenvalue weighted by molar-refractivity contribution is -0.122. The van der Waals surface area contributed by atoms with Gasteiger partial charge in [-0.1, -0.05) is 23.4 Å². The molecule has 3 aromatic rings. The lowest BCUT2D eigenvalue weighted by atomic mass is 10.2. The standard InChI is InChI=1S/C18H20N6O4S2/c1-29-12-9-15(24-30(26,27)14-5-3-2-4-6-14)17(25)21-22-18-20-16(23-28-18)13-7-10-19-11-8-13/h2-8,10-11,15,24H,9,12H2,1H3,(H,21,25)(H,20,22,23). The van der Waals surface area contributed by atoms with E-state index in [1.54, 1.807) is 42.7 Å². The van der Waals surface area contributed by atoms with E-state index in [1.807, 2.05) is 6.26 Å². The molecule has 3 rings (SSSR count). The summed E-state index contributed by atoms with van der Waals surface area (Å²) in [5, 5.41) is 3.82. The molecule has 2 aromatic heterocycles. The minimum Gasteiger partial charge on any atom is -0.313 e. The molecule has 158 valence electrons. The number of amides is 1. The first-order valence-corrected chi connectivity index (χ1v) is 11.7. The van der Waals surface area contributed by atoms with Crippen LogP contribution in [0.1, 0.15) is 6.42 Å². The molecule has 1 unspecified atom stereocenters. The van der Waals surface area contributed by atoms with Gasteiger partial charge in [0.2, 0.25) is 15.8 Å². The van der Waals surface area contributed by atoms with Crippen molar-refractivity contribution in [2.75, 3.05) is 17.4 Å². The number of anilines is 1. The topological polar surface area (TPSA) is 139 Å². The number of carbonyl (C=O) groups excluding carboxylic acids is 1. The molecule has 3 N–H and O–H groups in total. The van der Waals surface area contributed by atoms with E-state index in [2.05, 4.69) is 30.7 Å². The van der Waals surface area contributed by atoms with Crippen LogP contribution in [0.3, 0.4) is 0 Å². The normalized spacial score (nSPS) is 12.3. The molecule has 0 bridgehead atoms. The van der Waals surface area contributed by atoms with E-state index in [-0.39, 0.29) is 10.9 Å². The third-order valence-electron chi connectivity index (χ3n) is 3.94. The Hall–Kier alpha value is -2.96. The monoisotopic (exact) mass is 448 g/mol. The average molecular weight is 449 g/mol. The van der Waals surface area contributed by atoms with Gasteiger partial charge in [0.25, 0.3) is 5.91 Å². The van der Waals surface area contributed by atoms with Crippen LogP contribution in [0.5, 0.6) is 0 Å². The smallest absolute Gasteiger partial charge is 0.313 e. The van der Waals surface area contributed by atoms with Crippen LogP contribution in [0, 0.1) is 0 Å². The van der Waals surface area contributed by atoms with E-state index < -0.39 is 22.0 Å². The molecule has 0 saturated carbocycles. The van der Waals surface area contributed by atoms with Crippen LogP contribution in [0.4, 0.5) is 6.01 Å². The number of hydrogen-bond donors (Lipinski definition) is 3. The zero-order chi connectivity index (χ0) is 21.4. The minimum absolute atomic E-state index is 0.0373. The van der Waals surface area contributed by atoms with Gasteiger partial charge in [0.15, 0.2) is 0 Å². The molecule has 0 aliphatic heterocycles. The van der Waals surface area contributed by atoms with Gasteiger partial charge in [-0.05, 0) is 42.7 Å². The fourth-order valence-corrected chi connectivity index (χ4v) is 4.15. The molecule has 0 aliphatic rings. The molecular formula is C18H20N6O4S2. The molecule has 30 heavy (non-hydrogen) atoms. The Labute approximate surface area is 177 Å². The van der Waals surface area contributed by atoms with E-state index in [0.717, 1.165) is 0 Å². The molecule has 1 aromatic carbocycles. The van der Waals surface area contributed by atoms with E-state index in [0.29, 0.717) is 23.6 Å². The number of sulfonamides is 1. The quantitative estimate of drug-likeness (QED) is 0.395. The highest BCUT2D eigenvalue weighted by Crippen LogP contribution is 2.16. The predicted octanol–water partition coefficient (Wildman–Crippen LogP) is 1.67. The fourth-order valence-electron chi connectivity index (χ4n) is 2.43. The largest absolute Gasteiger partial charge is 0.340 e. The van der Waals surface area contributed by atoms with Gasteiger partial charge in [0.05, 0.1) is 4.90 Å². The Kier molecular flexibility index (Phi) is 7.38. The molecule has 0 aliphatic carbocycles. The molecular weight excluding hydrogens is 428 g/mol. The molecule has 12 heteroatoms. The van der Waals surface area contributed by atoms with Crippen LogP contribution in [-0.4, -0.2) is 47.5 Å². The van der Waals surface area contributed by atoms with Gasteiger partial charge in [0.1, 0.15) is 6.04 Å². The summed E-state index contributed by atoms with van der Waals surface area (Å²) in [6, 6.07) is 10.3. The molecule has 10 nitrogen and oxygen atoms in total. The molecule has 1 amide bonds. The molecule has 0 spiro atoms. The summed E-state index contributed by atoms with van der Waals surface area (Å²) in [6.07, 6.45) is 5.36. The third-order valence-corrected chi connectivity index (χ3v) is 6.07. The van der Waals surface area contributed by atoms with Crippen molar-refractivity contribution in [1.29, 1.82) is 0 Å². The zero-order valence-corrected chi connectivity index (χ0v) is 17.6. The van der Waals surface area contributed by atoms with Gasteiger partial charge in [-0.15, -0.1) is 0 Å². The van der Waals surface area contributed by atoms with Gasteiger partial charge in [-0.25, -0.2) is 13.8 Å². The first-order valence-electron chi connectivity index (χ1n) is 8.86. The van der Waals surface area contributed by atoms with Crippen LogP contribution >= 0.6 is 11.8 Å². The van der Waals surface area contributed by atoms with E-state index in [9.17, 15) is 13.2 Å². The second-order valence-electron chi connectivity index (χ2n) is 6.04. The summed E-state index contributed by atoms with van der Waals surface area (Å²) in [6.45, 7) is 0. The Balaban J connectivity index is 1.65. The summed E-state index contributed by atoms with van der Waals surface area (Å²) >= 11 is 1.50. The molecule has 0 saturated heterocycles. The van der Waals surface area contributed by atoms with E-state index in [4.69, 9.17) is 4.52 Å². The summed E-state index contributed by atoms with van der Waals surface area (Å²) < 4.78 is 32.7. The number of carbonyl (C=O) groups is 1. The van der Waals surface area contributed by atoms with E-state index >= 15 is 0 Å². The third kappa shape index (κ3) is 5.78. The van der Waals surface area contributed by atoms with Gasteiger partial charge >= 0.3 is 6.01 Å². The van der Waals surface area contributed by atoms with Gasteiger partial charge in [-0.2, -0.15) is 21.5 Å². The van der Waals surface area contributed by atoms with Crippen LogP contribution in [0.2, 0.25) is 0 Å². The maximum Gasteiger partial charge on any atom is 0.340 e. The molecule has 0 fully saturated rings. The number of thioether (sulfide) groups is 1. The Morgan fingerprint density at radius 1 is 1.17 bits per heavy atom. The maximum atomic E-state index is 12.6. The van der Waals surface area contributed by atoms with Crippen molar-refractivity contribution in [3.8, 4) is 11.4 Å². The minimum atomic E-state index is -3.85. The summed E-state index contributed by atoms with van der Waals surface area (Å²) in [4.78, 5) is 20.7. The fraction of sp³-hybridized carbons (Fsp3) is 0.222. The van der Waals surface area contributed by atoms with Gasteiger partial charge in [-0.3, -0.25) is 15.2 Å². The SMILES string of the molecule is CSCCC(NS(=O)(=O)c1ccccc1)C(=O)NNc1nc(-c2ccncc2)no1. The second kappa shape index (κ2) is 10.2. The molecule has 2 heterocycles. The van der Waals surface area contributed by atoms with Gasteiger partial charge in [0, 0.05) is 18.0 Å². The number of rotatable bonds is 10. The van der Waals surface area contributed by atoms with Crippen molar-refractivity contribution in [2.24, 2.45) is 0 Å². The van der Waals surface area contributed by atoms with E-state index in [1.165, 1.54) is 23.9 Å². The summed E-state index contributed by atoms with van der Waals surface area (Å²) in [7, 11) is -3.85. The Bertz CT molecular complexity index is 1060. The predicted molar refractivity (Wildman–Crippen MR) is 113 cm³/mol. The summed E-state index contributed by atoms with van der Waals surface area (Å²) in [5.41, 5.74) is 5.63. The molecule has 0 radical (unpaired) electrons. The number of nitrogens with one attached hydrogen (secondary N) is 3. The number of aromatic nitrogens is 3. The number of benzene rings is 1. The zero-order valence-electron chi connectivity index (χ0n) is 16.0. The van der Waals surface area contributed by atoms with Crippen molar-refractivity contribution in [2.45, 2.75) is 17.4 Å². The van der Waals surface area contributed by atoms with Crippen molar-refractivity contribution >= 4 is 33.7 Å². The highest BCUT2D eigenvalue weighted by molar-refractivity contribution is 7.98. The van der Waals surface area contributed by atoms with Gasteiger partial charge < -0.3 is 4.52 Å². The first-order chi connectivity index (χ1) is 14.5. The highest BCUT2D eigenvalue weighted by Gasteiger charge is 2.25. The number of nitrogens with zero attached hydrogens (tertiary/aromatic N) is 3. The lowest BCUT2D eigenvalue weighted by Crippen LogP contribution is -2.48. The number of hydrogen-bond acceptors (Lipinski definition) is 9. The number of pyridine rings is 1. The van der Waals surface area contributed by atoms with Crippen LogP contribution in [-0.2, 0) is 14.8 Å². The summed E-state index contributed by atoms with van der Waals surface area (Å²) in [5.74, 6) is 0.326. The van der Waals surface area contributed by atoms with Crippen molar-refractivity contribution in [3.63, 3.8) is 0 Å². The Morgan fingerprint density at radius 2 is 1.90 bits per heavy atom. The average Bonchev–Trinajstić information content (AvgIpc) is 3.25. The maximum absolute atomic E-state index is 12.6. The van der Waals surface area contributed by atoms with Crippen molar-refractivity contribution in [3.05, 3.63) is 54.9 Å². The second-order valence-corrected chi connectivity index (χ2v) is 8.74. The van der Waals surface area contributed by atoms with Crippen LogP contribution in [0.15, 0.2) is 64.3 Å². The highest BCUT2D eigenvalue weighted by atomic mass is 32.2. The number of hydrazine groups is 1. The first kappa shape index (κ1) is 21.7. The Morgan fingerprint density at radius 3 is 2.60 bits per heavy atom. The van der Waals surface area contributed by atoms with Crippen molar-refractivity contribution < 1.29 is 17.7 Å². The van der Waals surface area contributed by atoms with Crippen LogP contribution in [0.25, 0.3) is 11.4 Å².